The summed E-state index contributed by atoms with van der Waals surface area (Å²) in [7, 11) is 0. The average molecular weight is 393 g/mol. The van der Waals surface area contributed by atoms with Crippen LogP contribution in [0.25, 0.3) is 11.0 Å². The van der Waals surface area contributed by atoms with E-state index in [1.54, 1.807) is 0 Å². The van der Waals surface area contributed by atoms with Crippen molar-refractivity contribution >= 4 is 16.9 Å². The summed E-state index contributed by atoms with van der Waals surface area (Å²) in [5.41, 5.74) is 5.24. The Morgan fingerprint density at radius 3 is 2.79 bits per heavy atom. The second-order valence-electron chi connectivity index (χ2n) is 7.28. The Hall–Kier alpha value is -3.14. The van der Waals surface area contributed by atoms with Crippen LogP contribution in [0.1, 0.15) is 42.0 Å². The van der Waals surface area contributed by atoms with Gasteiger partial charge in [0.05, 0.1) is 35.8 Å². The molecule has 7 nitrogen and oxygen atoms in total. The molecular weight excluding hydrogens is 364 g/mol. The Morgan fingerprint density at radius 2 is 2.00 bits per heavy atom. The zero-order valence-corrected chi connectivity index (χ0v) is 17.4. The maximum Gasteiger partial charge on any atom is 0.220 e. The highest BCUT2D eigenvalue weighted by atomic mass is 16.1. The number of nitriles is 1. The van der Waals surface area contributed by atoms with Gasteiger partial charge in [0.25, 0.3) is 0 Å². The minimum Gasteiger partial charge on any atom is -0.356 e. The number of amides is 1. The molecule has 0 aliphatic rings. The van der Waals surface area contributed by atoms with Gasteiger partial charge in [0.1, 0.15) is 5.82 Å². The van der Waals surface area contributed by atoms with Gasteiger partial charge < -0.3 is 9.88 Å². The molecule has 152 valence electrons. The number of benzene rings is 1. The standard InChI is InChI=1S/C22H28N6O/c1-16-19(17(2)28(26-16)15-6-12-23)10-11-22(29)24-13-7-14-27-18(3)25-20-8-4-5-9-21(20)27/h4-5,8-9H,6-7,10-11,13-15H2,1-3H3,(H,24,29). The molecule has 0 aliphatic heterocycles. The van der Waals surface area contributed by atoms with E-state index < -0.39 is 0 Å². The molecule has 0 saturated carbocycles. The van der Waals surface area contributed by atoms with Crippen molar-refractivity contribution in [2.45, 2.75) is 59.5 Å². The maximum absolute atomic E-state index is 12.3. The molecule has 29 heavy (non-hydrogen) atoms. The van der Waals surface area contributed by atoms with Crippen molar-refractivity contribution < 1.29 is 4.79 Å². The molecule has 2 heterocycles. The van der Waals surface area contributed by atoms with E-state index in [9.17, 15) is 4.79 Å². The number of carbonyl (C=O) groups is 1. The number of imidazole rings is 1. The van der Waals surface area contributed by atoms with Gasteiger partial charge in [-0.2, -0.15) is 10.4 Å². The number of aryl methyl sites for hydroxylation is 4. The van der Waals surface area contributed by atoms with Crippen LogP contribution in [0.3, 0.4) is 0 Å². The van der Waals surface area contributed by atoms with E-state index in [2.05, 4.69) is 32.1 Å². The minimum absolute atomic E-state index is 0.0563. The number of rotatable bonds is 9. The number of hydrogen-bond acceptors (Lipinski definition) is 4. The van der Waals surface area contributed by atoms with Gasteiger partial charge in [-0.1, -0.05) is 12.1 Å². The number of fused-ring (bicyclic) bond motifs is 1. The fourth-order valence-corrected chi connectivity index (χ4v) is 3.74. The average Bonchev–Trinajstić information content (AvgIpc) is 3.17. The van der Waals surface area contributed by atoms with E-state index in [1.807, 2.05) is 43.7 Å². The largest absolute Gasteiger partial charge is 0.356 e. The molecular formula is C22H28N6O. The summed E-state index contributed by atoms with van der Waals surface area (Å²) in [4.78, 5) is 16.8. The Bertz CT molecular complexity index is 1040. The van der Waals surface area contributed by atoms with Crippen molar-refractivity contribution in [1.29, 1.82) is 5.26 Å². The SMILES string of the molecule is Cc1nn(CCC#N)c(C)c1CCC(=O)NCCCn1c(C)nc2ccccc21. The predicted octanol–water partition coefficient (Wildman–Crippen LogP) is 3.21. The van der Waals surface area contributed by atoms with Gasteiger partial charge in [0, 0.05) is 25.2 Å². The number of nitrogens with zero attached hydrogens (tertiary/aromatic N) is 5. The number of aromatic nitrogens is 4. The van der Waals surface area contributed by atoms with Gasteiger partial charge in [-0.3, -0.25) is 9.48 Å². The summed E-state index contributed by atoms with van der Waals surface area (Å²) in [5, 5.41) is 16.3. The molecule has 1 N–H and O–H groups in total. The lowest BCUT2D eigenvalue weighted by molar-refractivity contribution is -0.121. The molecule has 1 amide bonds. The van der Waals surface area contributed by atoms with Gasteiger partial charge >= 0.3 is 0 Å². The van der Waals surface area contributed by atoms with Crippen LogP contribution in [0.5, 0.6) is 0 Å². The quantitative estimate of drug-likeness (QED) is 0.566. The van der Waals surface area contributed by atoms with Gasteiger partial charge in [-0.15, -0.1) is 0 Å². The third-order valence-corrected chi connectivity index (χ3v) is 5.29. The molecule has 1 aromatic carbocycles. The lowest BCUT2D eigenvalue weighted by Gasteiger charge is -2.09. The Balaban J connectivity index is 1.45. The number of para-hydroxylation sites is 2. The van der Waals surface area contributed by atoms with Crippen LogP contribution in [-0.4, -0.2) is 31.8 Å². The normalized spacial score (nSPS) is 11.0. The first-order valence-electron chi connectivity index (χ1n) is 10.1. The van der Waals surface area contributed by atoms with Crippen molar-refractivity contribution in [3.8, 4) is 6.07 Å². The zero-order chi connectivity index (χ0) is 20.8. The summed E-state index contributed by atoms with van der Waals surface area (Å²) in [6.45, 7) is 8.04. The Kier molecular flexibility index (Phi) is 6.65. The predicted molar refractivity (Wildman–Crippen MR) is 112 cm³/mol. The van der Waals surface area contributed by atoms with Crippen molar-refractivity contribution in [3.05, 3.63) is 47.0 Å². The second-order valence-corrected chi connectivity index (χ2v) is 7.28. The van der Waals surface area contributed by atoms with Gasteiger partial charge in [-0.05, 0) is 51.3 Å². The summed E-state index contributed by atoms with van der Waals surface area (Å²) in [5.74, 6) is 1.05. The van der Waals surface area contributed by atoms with Crippen LogP contribution < -0.4 is 5.32 Å². The highest BCUT2D eigenvalue weighted by Crippen LogP contribution is 2.16. The van der Waals surface area contributed by atoms with Crippen molar-refractivity contribution in [3.63, 3.8) is 0 Å². The first-order valence-corrected chi connectivity index (χ1v) is 10.1. The zero-order valence-electron chi connectivity index (χ0n) is 17.4. The van der Waals surface area contributed by atoms with E-state index in [0.29, 0.717) is 32.4 Å². The van der Waals surface area contributed by atoms with Crippen LogP contribution in [0, 0.1) is 32.1 Å². The van der Waals surface area contributed by atoms with Crippen molar-refractivity contribution in [1.82, 2.24) is 24.6 Å². The topological polar surface area (TPSA) is 88.5 Å². The fraction of sp³-hybridized carbons (Fsp3) is 0.455. The van der Waals surface area contributed by atoms with Gasteiger partial charge in [0.15, 0.2) is 0 Å². The molecule has 0 aliphatic carbocycles. The molecule has 0 spiro atoms. The molecule has 0 radical (unpaired) electrons. The highest BCUT2D eigenvalue weighted by molar-refractivity contribution is 5.76. The van der Waals surface area contributed by atoms with Crippen molar-refractivity contribution in [2.24, 2.45) is 0 Å². The van der Waals surface area contributed by atoms with E-state index >= 15 is 0 Å². The molecule has 0 saturated heterocycles. The van der Waals surface area contributed by atoms with Crippen LogP contribution in [0.15, 0.2) is 24.3 Å². The summed E-state index contributed by atoms with van der Waals surface area (Å²) in [6.07, 6.45) is 2.41. The van der Waals surface area contributed by atoms with Crippen molar-refractivity contribution in [2.75, 3.05) is 6.54 Å². The monoisotopic (exact) mass is 392 g/mol. The van der Waals surface area contributed by atoms with Crippen LogP contribution in [-0.2, 0) is 24.3 Å². The Morgan fingerprint density at radius 1 is 1.21 bits per heavy atom. The molecule has 3 rings (SSSR count). The second kappa shape index (κ2) is 9.37. The molecule has 0 bridgehead atoms. The third-order valence-electron chi connectivity index (χ3n) is 5.29. The molecule has 2 aromatic heterocycles. The number of carbonyl (C=O) groups excluding carboxylic acids is 1. The molecule has 3 aromatic rings. The highest BCUT2D eigenvalue weighted by Gasteiger charge is 2.13. The van der Waals surface area contributed by atoms with Crippen LogP contribution >= 0.6 is 0 Å². The van der Waals surface area contributed by atoms with Crippen LogP contribution in [0.4, 0.5) is 0 Å². The Labute approximate surface area is 171 Å². The minimum atomic E-state index is 0.0563. The van der Waals surface area contributed by atoms with Gasteiger partial charge in [0.2, 0.25) is 5.91 Å². The summed E-state index contributed by atoms with van der Waals surface area (Å²) >= 11 is 0. The molecule has 0 unspecified atom stereocenters. The van der Waals surface area contributed by atoms with Crippen LogP contribution in [0.2, 0.25) is 0 Å². The fourth-order valence-electron chi connectivity index (χ4n) is 3.74. The first-order chi connectivity index (χ1) is 14.0. The smallest absolute Gasteiger partial charge is 0.220 e. The maximum atomic E-state index is 12.3. The lowest BCUT2D eigenvalue weighted by Crippen LogP contribution is -2.25. The lowest BCUT2D eigenvalue weighted by atomic mass is 10.1. The molecule has 0 fully saturated rings. The van der Waals surface area contributed by atoms with E-state index in [-0.39, 0.29) is 5.91 Å². The van der Waals surface area contributed by atoms with Gasteiger partial charge in [-0.25, -0.2) is 4.98 Å². The number of hydrogen-bond donors (Lipinski definition) is 1. The number of nitrogens with one attached hydrogen (secondary N) is 1. The van der Waals surface area contributed by atoms with E-state index in [4.69, 9.17) is 5.26 Å². The summed E-state index contributed by atoms with van der Waals surface area (Å²) < 4.78 is 4.06. The molecule has 7 heteroatoms. The van der Waals surface area contributed by atoms with E-state index in [1.165, 1.54) is 0 Å². The summed E-state index contributed by atoms with van der Waals surface area (Å²) in [6, 6.07) is 10.3. The van der Waals surface area contributed by atoms with E-state index in [0.717, 1.165) is 46.8 Å². The molecule has 0 atom stereocenters. The first kappa shape index (κ1) is 20.6. The third kappa shape index (κ3) is 4.83.